The average molecular weight is 290 g/mol. The highest BCUT2D eigenvalue weighted by molar-refractivity contribution is 5.92. The fraction of sp³-hybridized carbons (Fsp3) is 0.750. The van der Waals surface area contributed by atoms with Crippen molar-refractivity contribution in [3.05, 3.63) is 17.5 Å². The van der Waals surface area contributed by atoms with Gasteiger partial charge >= 0.3 is 0 Å². The van der Waals surface area contributed by atoms with Crippen molar-refractivity contribution in [1.82, 2.24) is 20.4 Å². The number of rotatable bonds is 4. The van der Waals surface area contributed by atoms with Crippen LogP contribution >= 0.6 is 0 Å². The Hall–Kier alpha value is -1.36. The van der Waals surface area contributed by atoms with Gasteiger partial charge in [-0.25, -0.2) is 0 Å². The van der Waals surface area contributed by atoms with Gasteiger partial charge in [0.25, 0.3) is 5.91 Å². The van der Waals surface area contributed by atoms with Crippen molar-refractivity contribution in [3.63, 3.8) is 0 Å². The van der Waals surface area contributed by atoms with Crippen molar-refractivity contribution in [2.75, 3.05) is 13.1 Å². The van der Waals surface area contributed by atoms with Crippen LogP contribution in [0.3, 0.4) is 0 Å². The Labute approximate surface area is 126 Å². The summed E-state index contributed by atoms with van der Waals surface area (Å²) >= 11 is 0. The predicted molar refractivity (Wildman–Crippen MR) is 82.2 cm³/mol. The molecule has 2 heterocycles. The second-order valence-corrected chi connectivity index (χ2v) is 6.68. The molecule has 116 valence electrons. The molecule has 0 radical (unpaired) electrons. The van der Waals surface area contributed by atoms with Gasteiger partial charge in [0, 0.05) is 24.3 Å². The zero-order valence-corrected chi connectivity index (χ0v) is 13.1. The van der Waals surface area contributed by atoms with Crippen molar-refractivity contribution >= 4 is 5.91 Å². The van der Waals surface area contributed by atoms with E-state index in [1.807, 2.05) is 6.92 Å². The van der Waals surface area contributed by atoms with E-state index in [9.17, 15) is 4.79 Å². The Morgan fingerprint density at radius 3 is 2.86 bits per heavy atom. The number of hydrogen-bond donors (Lipinski definition) is 2. The van der Waals surface area contributed by atoms with Gasteiger partial charge in [0.1, 0.15) is 5.69 Å². The summed E-state index contributed by atoms with van der Waals surface area (Å²) < 4.78 is 0. The number of aryl methyl sites for hydroxylation is 1. The number of likely N-dealkylation sites (tertiary alicyclic amines) is 1. The monoisotopic (exact) mass is 290 g/mol. The molecule has 1 saturated heterocycles. The summed E-state index contributed by atoms with van der Waals surface area (Å²) in [6.07, 6.45) is 6.57. The summed E-state index contributed by atoms with van der Waals surface area (Å²) in [6, 6.07) is 2.81. The lowest BCUT2D eigenvalue weighted by Gasteiger charge is -2.43. The fourth-order valence-corrected chi connectivity index (χ4v) is 3.46. The molecule has 2 fully saturated rings. The number of H-pyrrole nitrogens is 1. The molecule has 0 spiro atoms. The number of nitrogens with zero attached hydrogens (tertiary/aromatic N) is 2. The first-order valence-electron chi connectivity index (χ1n) is 8.20. The van der Waals surface area contributed by atoms with Crippen LogP contribution in [0.25, 0.3) is 0 Å². The van der Waals surface area contributed by atoms with Crippen LogP contribution < -0.4 is 5.32 Å². The van der Waals surface area contributed by atoms with Crippen LogP contribution in [0.4, 0.5) is 0 Å². The number of aromatic nitrogens is 2. The van der Waals surface area contributed by atoms with Crippen LogP contribution in [0.1, 0.15) is 55.2 Å². The molecule has 2 N–H and O–H groups in total. The zero-order valence-electron chi connectivity index (χ0n) is 13.1. The number of nitrogens with one attached hydrogen (secondary N) is 2. The molecule has 21 heavy (non-hydrogen) atoms. The maximum absolute atomic E-state index is 12.2. The van der Waals surface area contributed by atoms with Crippen molar-refractivity contribution < 1.29 is 4.79 Å². The van der Waals surface area contributed by atoms with Crippen LogP contribution in [-0.4, -0.2) is 46.2 Å². The zero-order chi connectivity index (χ0) is 14.8. The molecule has 1 aliphatic carbocycles. The SMILES string of the molecule is Cc1cc(C(=O)NC(C)C2CCCN(C3CCC3)C2)n[nH]1. The first-order chi connectivity index (χ1) is 10.1. The quantitative estimate of drug-likeness (QED) is 0.892. The third kappa shape index (κ3) is 3.28. The van der Waals surface area contributed by atoms with Gasteiger partial charge < -0.3 is 10.2 Å². The summed E-state index contributed by atoms with van der Waals surface area (Å²) in [5.74, 6) is 0.496. The molecule has 1 aromatic heterocycles. The van der Waals surface area contributed by atoms with E-state index < -0.39 is 0 Å². The highest BCUT2D eigenvalue weighted by Gasteiger charge is 2.32. The van der Waals surface area contributed by atoms with Crippen molar-refractivity contribution in [1.29, 1.82) is 0 Å². The lowest BCUT2D eigenvalue weighted by atomic mass is 9.85. The molecular weight excluding hydrogens is 264 g/mol. The molecule has 1 amide bonds. The summed E-state index contributed by atoms with van der Waals surface area (Å²) in [5.41, 5.74) is 1.41. The Balaban J connectivity index is 1.54. The summed E-state index contributed by atoms with van der Waals surface area (Å²) in [7, 11) is 0. The van der Waals surface area contributed by atoms with Gasteiger partial charge in [-0.3, -0.25) is 9.89 Å². The largest absolute Gasteiger partial charge is 0.348 e. The molecule has 1 aliphatic heterocycles. The number of aromatic amines is 1. The van der Waals surface area contributed by atoms with Crippen LogP contribution in [0, 0.1) is 12.8 Å². The molecule has 2 unspecified atom stereocenters. The number of carbonyl (C=O) groups is 1. The smallest absolute Gasteiger partial charge is 0.271 e. The van der Waals surface area contributed by atoms with Crippen molar-refractivity contribution in [2.45, 2.75) is 58.0 Å². The number of piperidine rings is 1. The minimum absolute atomic E-state index is 0.0624. The second kappa shape index (κ2) is 6.18. The molecule has 0 aromatic carbocycles. The second-order valence-electron chi connectivity index (χ2n) is 6.68. The normalized spacial score (nSPS) is 25.3. The van der Waals surface area contributed by atoms with Gasteiger partial charge in [0.05, 0.1) is 0 Å². The molecule has 2 aliphatic rings. The third-order valence-corrected chi connectivity index (χ3v) is 5.08. The first kappa shape index (κ1) is 14.6. The van der Waals surface area contributed by atoms with Crippen LogP contribution in [-0.2, 0) is 0 Å². The molecular formula is C16H26N4O. The van der Waals surface area contributed by atoms with E-state index in [0.29, 0.717) is 11.6 Å². The highest BCUT2D eigenvalue weighted by Crippen LogP contribution is 2.30. The van der Waals surface area contributed by atoms with E-state index in [2.05, 4.69) is 27.3 Å². The highest BCUT2D eigenvalue weighted by atomic mass is 16.2. The van der Waals surface area contributed by atoms with Crippen molar-refractivity contribution in [3.8, 4) is 0 Å². The Morgan fingerprint density at radius 2 is 2.24 bits per heavy atom. The molecule has 0 bridgehead atoms. The number of carbonyl (C=O) groups excluding carboxylic acids is 1. The van der Waals surface area contributed by atoms with Crippen LogP contribution in [0.15, 0.2) is 6.07 Å². The van der Waals surface area contributed by atoms with Gasteiger partial charge in [-0.15, -0.1) is 0 Å². The number of amides is 1. The predicted octanol–water partition coefficient (Wildman–Crippen LogP) is 2.10. The van der Waals surface area contributed by atoms with E-state index in [1.54, 1.807) is 6.07 Å². The molecule has 5 nitrogen and oxygen atoms in total. The summed E-state index contributed by atoms with van der Waals surface area (Å²) in [5, 5.41) is 9.98. The molecule has 1 saturated carbocycles. The average Bonchev–Trinajstić information content (AvgIpc) is 2.84. The molecule has 5 heteroatoms. The van der Waals surface area contributed by atoms with E-state index in [-0.39, 0.29) is 11.9 Å². The molecule has 1 aromatic rings. The standard InChI is InChI=1S/C16H26N4O/c1-11-9-15(19-18-11)16(21)17-12(2)13-5-4-8-20(10-13)14-6-3-7-14/h9,12-14H,3-8,10H2,1-2H3,(H,17,21)(H,18,19). The first-order valence-corrected chi connectivity index (χ1v) is 8.20. The Morgan fingerprint density at radius 1 is 1.43 bits per heavy atom. The van der Waals surface area contributed by atoms with Gasteiger partial charge in [0.2, 0.25) is 0 Å². The summed E-state index contributed by atoms with van der Waals surface area (Å²) in [6.45, 7) is 6.41. The van der Waals surface area contributed by atoms with Gasteiger partial charge in [0.15, 0.2) is 0 Å². The van der Waals surface area contributed by atoms with Gasteiger partial charge in [-0.05, 0) is 58.1 Å². The van der Waals surface area contributed by atoms with Crippen LogP contribution in [0.2, 0.25) is 0 Å². The van der Waals surface area contributed by atoms with E-state index in [0.717, 1.165) is 18.3 Å². The number of hydrogen-bond acceptors (Lipinski definition) is 3. The Kier molecular flexibility index (Phi) is 4.29. The van der Waals surface area contributed by atoms with E-state index in [4.69, 9.17) is 0 Å². The maximum atomic E-state index is 12.2. The fourth-order valence-electron chi connectivity index (χ4n) is 3.46. The molecule has 3 rings (SSSR count). The molecule has 2 atom stereocenters. The lowest BCUT2D eigenvalue weighted by molar-refractivity contribution is 0.0634. The van der Waals surface area contributed by atoms with Crippen LogP contribution in [0.5, 0.6) is 0 Å². The van der Waals surface area contributed by atoms with E-state index >= 15 is 0 Å². The maximum Gasteiger partial charge on any atom is 0.271 e. The van der Waals surface area contributed by atoms with Gasteiger partial charge in [-0.1, -0.05) is 6.42 Å². The lowest BCUT2D eigenvalue weighted by Crippen LogP contribution is -2.50. The van der Waals surface area contributed by atoms with Crippen molar-refractivity contribution in [2.24, 2.45) is 5.92 Å². The van der Waals surface area contributed by atoms with Gasteiger partial charge in [-0.2, -0.15) is 5.10 Å². The summed E-state index contributed by atoms with van der Waals surface area (Å²) in [4.78, 5) is 14.8. The minimum atomic E-state index is -0.0624. The third-order valence-electron chi connectivity index (χ3n) is 5.08. The van der Waals surface area contributed by atoms with E-state index in [1.165, 1.54) is 38.6 Å². The minimum Gasteiger partial charge on any atom is -0.348 e. The topological polar surface area (TPSA) is 61.0 Å². The Bertz CT molecular complexity index is 494.